The van der Waals surface area contributed by atoms with Crippen LogP contribution in [-0.2, 0) is 0 Å². The van der Waals surface area contributed by atoms with Crippen LogP contribution in [0, 0.1) is 0 Å². The van der Waals surface area contributed by atoms with E-state index in [4.69, 9.17) is 4.74 Å². The average molecular weight is 294 g/mol. The molecule has 4 rings (SSSR count). The summed E-state index contributed by atoms with van der Waals surface area (Å²) in [6, 6.07) is 17.8. The number of fused-ring (bicyclic) bond motifs is 2. The van der Waals surface area contributed by atoms with Gasteiger partial charge in [0.1, 0.15) is 11.5 Å². The van der Waals surface area contributed by atoms with E-state index in [1.165, 1.54) is 17.5 Å². The lowest BCUT2D eigenvalue weighted by Gasteiger charge is -2.34. The summed E-state index contributed by atoms with van der Waals surface area (Å²) in [7, 11) is 0. The quantitative estimate of drug-likeness (QED) is 0.936. The van der Waals surface area contributed by atoms with E-state index in [0.29, 0.717) is 12.1 Å². The van der Waals surface area contributed by atoms with Gasteiger partial charge in [0.2, 0.25) is 0 Å². The average Bonchev–Trinajstić information content (AvgIpc) is 3.01. The molecule has 0 spiro atoms. The molecule has 3 nitrogen and oxygen atoms in total. The fourth-order valence-corrected chi connectivity index (χ4v) is 3.76. The minimum Gasteiger partial charge on any atom is -0.457 e. The molecular formula is C19H22N2O. The highest BCUT2D eigenvalue weighted by Crippen LogP contribution is 2.46. The molecule has 0 saturated carbocycles. The third-order valence-corrected chi connectivity index (χ3v) is 4.72. The summed E-state index contributed by atoms with van der Waals surface area (Å²) < 4.78 is 6.10. The van der Waals surface area contributed by atoms with E-state index in [1.54, 1.807) is 0 Å². The van der Waals surface area contributed by atoms with E-state index in [0.717, 1.165) is 31.1 Å². The van der Waals surface area contributed by atoms with Crippen molar-refractivity contribution in [3.8, 4) is 11.5 Å². The lowest BCUT2D eigenvalue weighted by atomic mass is 9.93. The van der Waals surface area contributed by atoms with Gasteiger partial charge in [-0.25, -0.2) is 0 Å². The number of para-hydroxylation sites is 2. The third-order valence-electron chi connectivity index (χ3n) is 4.72. The summed E-state index contributed by atoms with van der Waals surface area (Å²) in [5.74, 6) is 2.00. The number of hydrogen-bond donors (Lipinski definition) is 1. The first-order chi connectivity index (χ1) is 10.9. The molecule has 2 aliphatic rings. The zero-order valence-corrected chi connectivity index (χ0v) is 13.0. The van der Waals surface area contributed by atoms with Crippen molar-refractivity contribution in [1.29, 1.82) is 0 Å². The van der Waals surface area contributed by atoms with Crippen molar-refractivity contribution in [1.82, 2.24) is 10.2 Å². The number of ether oxygens (including phenoxy) is 1. The number of hydrogen-bond acceptors (Lipinski definition) is 3. The zero-order valence-electron chi connectivity index (χ0n) is 13.0. The van der Waals surface area contributed by atoms with E-state index in [2.05, 4.69) is 65.7 Å². The smallest absolute Gasteiger partial charge is 0.132 e. The number of nitrogens with one attached hydrogen (secondary N) is 1. The molecule has 2 aromatic carbocycles. The Balaban J connectivity index is 1.72. The van der Waals surface area contributed by atoms with Gasteiger partial charge in [-0.2, -0.15) is 0 Å². The Morgan fingerprint density at radius 2 is 1.68 bits per heavy atom. The summed E-state index contributed by atoms with van der Waals surface area (Å²) in [6.07, 6.45) is 1.22. The van der Waals surface area contributed by atoms with Crippen molar-refractivity contribution < 1.29 is 4.74 Å². The van der Waals surface area contributed by atoms with Crippen LogP contribution in [0.25, 0.3) is 0 Å². The predicted molar refractivity (Wildman–Crippen MR) is 88.5 cm³/mol. The van der Waals surface area contributed by atoms with Gasteiger partial charge in [-0.3, -0.25) is 4.90 Å². The van der Waals surface area contributed by atoms with Gasteiger partial charge in [0.05, 0.1) is 6.04 Å². The number of benzene rings is 2. The second kappa shape index (κ2) is 5.75. The van der Waals surface area contributed by atoms with Crippen LogP contribution in [-0.4, -0.2) is 30.6 Å². The fraction of sp³-hybridized carbons (Fsp3) is 0.368. The van der Waals surface area contributed by atoms with Crippen LogP contribution < -0.4 is 10.1 Å². The Labute approximate surface area is 131 Å². The van der Waals surface area contributed by atoms with Crippen LogP contribution in [0.2, 0.25) is 0 Å². The maximum atomic E-state index is 6.10. The second-order valence-electron chi connectivity index (χ2n) is 6.12. The summed E-state index contributed by atoms with van der Waals surface area (Å²) in [5.41, 5.74) is 2.58. The molecule has 1 fully saturated rings. The molecule has 3 heteroatoms. The Bertz CT molecular complexity index is 624. The van der Waals surface area contributed by atoms with E-state index < -0.39 is 0 Å². The van der Waals surface area contributed by atoms with Gasteiger partial charge in [0.25, 0.3) is 0 Å². The van der Waals surface area contributed by atoms with Gasteiger partial charge in [0, 0.05) is 30.3 Å². The molecule has 0 aliphatic carbocycles. The van der Waals surface area contributed by atoms with Crippen LogP contribution in [0.1, 0.15) is 30.5 Å². The lowest BCUT2D eigenvalue weighted by Crippen LogP contribution is -2.35. The first-order valence-electron chi connectivity index (χ1n) is 8.20. The highest BCUT2D eigenvalue weighted by Gasteiger charge is 2.35. The maximum Gasteiger partial charge on any atom is 0.132 e. The fourth-order valence-electron chi connectivity index (χ4n) is 3.76. The highest BCUT2D eigenvalue weighted by atomic mass is 16.5. The van der Waals surface area contributed by atoms with Crippen molar-refractivity contribution in [3.05, 3.63) is 59.7 Å². The topological polar surface area (TPSA) is 24.5 Å². The summed E-state index contributed by atoms with van der Waals surface area (Å²) in [5, 5.41) is 3.59. The Morgan fingerprint density at radius 3 is 2.32 bits per heavy atom. The van der Waals surface area contributed by atoms with Gasteiger partial charge in [-0.05, 0) is 25.1 Å². The van der Waals surface area contributed by atoms with Crippen molar-refractivity contribution >= 4 is 0 Å². The first kappa shape index (κ1) is 13.8. The number of nitrogens with zero attached hydrogens (tertiary/aromatic N) is 1. The minimum atomic E-state index is 0.310. The molecule has 22 heavy (non-hydrogen) atoms. The molecule has 0 radical (unpaired) electrons. The molecule has 0 aromatic heterocycles. The standard InChI is InChI=1S/C19H22N2O/c1-2-20-14-11-12-21(13-14)19-15-7-3-5-9-17(15)22-18-10-6-4-8-16(18)19/h3-10,14,19-20H,2,11-13H2,1H3. The molecule has 1 saturated heterocycles. The molecule has 2 heterocycles. The maximum absolute atomic E-state index is 6.10. The predicted octanol–water partition coefficient (Wildman–Crippen LogP) is 3.57. The third kappa shape index (κ3) is 2.31. The molecule has 114 valence electrons. The molecule has 1 unspecified atom stereocenters. The van der Waals surface area contributed by atoms with Crippen molar-refractivity contribution in [2.75, 3.05) is 19.6 Å². The minimum absolute atomic E-state index is 0.310. The number of likely N-dealkylation sites (tertiary alicyclic amines) is 1. The van der Waals surface area contributed by atoms with Crippen LogP contribution in [0.4, 0.5) is 0 Å². The molecule has 2 aromatic rings. The normalized spacial score (nSPS) is 21.2. The van der Waals surface area contributed by atoms with Crippen molar-refractivity contribution in [2.45, 2.75) is 25.4 Å². The van der Waals surface area contributed by atoms with Crippen LogP contribution >= 0.6 is 0 Å². The van der Waals surface area contributed by atoms with Gasteiger partial charge >= 0.3 is 0 Å². The van der Waals surface area contributed by atoms with Gasteiger partial charge < -0.3 is 10.1 Å². The van der Waals surface area contributed by atoms with E-state index in [-0.39, 0.29) is 0 Å². The van der Waals surface area contributed by atoms with Crippen molar-refractivity contribution in [2.24, 2.45) is 0 Å². The highest BCUT2D eigenvalue weighted by molar-refractivity contribution is 5.53. The first-order valence-corrected chi connectivity index (χ1v) is 8.20. The van der Waals surface area contributed by atoms with Gasteiger partial charge in [0.15, 0.2) is 0 Å². The molecule has 0 amide bonds. The summed E-state index contributed by atoms with van der Waals surface area (Å²) in [6.45, 7) is 5.45. The Hall–Kier alpha value is -1.84. The summed E-state index contributed by atoms with van der Waals surface area (Å²) in [4.78, 5) is 2.59. The van der Waals surface area contributed by atoms with E-state index in [9.17, 15) is 0 Å². The summed E-state index contributed by atoms with van der Waals surface area (Å²) >= 11 is 0. The Kier molecular flexibility index (Phi) is 3.60. The molecular weight excluding hydrogens is 272 g/mol. The SMILES string of the molecule is CCNC1CCN(C2c3ccccc3Oc3ccccc32)C1. The zero-order chi connectivity index (χ0) is 14.9. The Morgan fingerprint density at radius 1 is 1.05 bits per heavy atom. The second-order valence-corrected chi connectivity index (χ2v) is 6.12. The molecule has 0 bridgehead atoms. The van der Waals surface area contributed by atoms with Gasteiger partial charge in [-0.1, -0.05) is 43.3 Å². The van der Waals surface area contributed by atoms with Crippen molar-refractivity contribution in [3.63, 3.8) is 0 Å². The number of rotatable bonds is 3. The van der Waals surface area contributed by atoms with Gasteiger partial charge in [-0.15, -0.1) is 0 Å². The molecule has 2 aliphatic heterocycles. The van der Waals surface area contributed by atoms with Crippen LogP contribution in [0.5, 0.6) is 11.5 Å². The van der Waals surface area contributed by atoms with E-state index in [1.807, 2.05) is 0 Å². The monoisotopic (exact) mass is 294 g/mol. The number of likely N-dealkylation sites (N-methyl/N-ethyl adjacent to an activating group) is 1. The largest absolute Gasteiger partial charge is 0.457 e. The van der Waals surface area contributed by atoms with Crippen LogP contribution in [0.3, 0.4) is 0 Å². The van der Waals surface area contributed by atoms with Crippen LogP contribution in [0.15, 0.2) is 48.5 Å². The van der Waals surface area contributed by atoms with E-state index >= 15 is 0 Å². The molecule has 1 atom stereocenters. The lowest BCUT2D eigenvalue weighted by molar-refractivity contribution is 0.254. The molecule has 1 N–H and O–H groups in total.